The highest BCUT2D eigenvalue weighted by atomic mass is 16.3. The third kappa shape index (κ3) is 33.7. The predicted octanol–water partition coefficient (Wildman–Crippen LogP) is 17.7. The second-order valence-corrected chi connectivity index (χ2v) is 29.5. The summed E-state index contributed by atoms with van der Waals surface area (Å²) < 4.78 is 0. The number of aliphatic hydroxyl groups is 8. The molecule has 0 amide bonds. The zero-order valence-corrected chi connectivity index (χ0v) is 55.6. The Morgan fingerprint density at radius 2 is 0.843 bits per heavy atom. The second kappa shape index (κ2) is 42.7. The van der Waals surface area contributed by atoms with Gasteiger partial charge in [0.2, 0.25) is 0 Å². The van der Waals surface area contributed by atoms with E-state index in [0.29, 0.717) is 53.3 Å². The Kier molecular flexibility index (Phi) is 40.6. The summed E-state index contributed by atoms with van der Waals surface area (Å²) in [6.07, 6.45) is 41.4. The molecule has 8 rings (SSSR count). The van der Waals surface area contributed by atoms with Crippen molar-refractivity contribution in [1.29, 1.82) is 0 Å². The van der Waals surface area contributed by atoms with Crippen LogP contribution in [0.4, 0.5) is 0 Å². The Labute approximate surface area is 512 Å². The van der Waals surface area contributed by atoms with Gasteiger partial charge in [-0.05, 0) is 227 Å². The average Bonchev–Trinajstić information content (AvgIpc) is 3.62. The van der Waals surface area contributed by atoms with Gasteiger partial charge in [-0.2, -0.15) is 0 Å². The van der Waals surface area contributed by atoms with Gasteiger partial charge in [-0.25, -0.2) is 0 Å². The summed E-state index contributed by atoms with van der Waals surface area (Å²) in [6.45, 7) is 48.6. The first-order chi connectivity index (χ1) is 39.0. The molecule has 0 aromatic carbocycles. The SMILES string of the molecule is C=C(C)C1CCC(O)CC1.C=C(C)C1CCCC(O)C1.C=C(C)C1CCCCC1O.C=CC1CCC(O)CC1.C=CC1CCCC(O)C1.C=CC1CCCCC1O.C=CCC1CCCCC1O.CC1CC(C(C)(C)C)C(O)C(C(C)(C)C)C1. The molecular formula is C75H136O8. The summed E-state index contributed by atoms with van der Waals surface area (Å²) in [7, 11) is 0. The number of allylic oxidation sites excluding steroid dienone is 5. The first kappa shape index (κ1) is 78.9. The molecular weight excluding hydrogens is 1030 g/mol. The maximum atomic E-state index is 10.6. The van der Waals surface area contributed by atoms with Crippen LogP contribution in [0.3, 0.4) is 0 Å². The van der Waals surface area contributed by atoms with Crippen molar-refractivity contribution >= 4 is 0 Å². The smallest absolute Gasteiger partial charge is 0.0606 e. The van der Waals surface area contributed by atoms with E-state index in [1.165, 1.54) is 88.2 Å². The Hall–Kier alpha value is -2.14. The lowest BCUT2D eigenvalue weighted by Crippen LogP contribution is -2.47. The highest BCUT2D eigenvalue weighted by molar-refractivity contribution is 5.01. The van der Waals surface area contributed by atoms with Crippen LogP contribution in [0.2, 0.25) is 0 Å². The van der Waals surface area contributed by atoms with Crippen LogP contribution in [0.1, 0.15) is 268 Å². The lowest BCUT2D eigenvalue weighted by atomic mass is 9.59. The number of hydrogen-bond acceptors (Lipinski definition) is 8. The van der Waals surface area contributed by atoms with Gasteiger partial charge in [0, 0.05) is 11.8 Å². The Bertz CT molecular complexity index is 1730. The molecule has 8 nitrogen and oxygen atoms in total. The van der Waals surface area contributed by atoms with Crippen LogP contribution in [-0.2, 0) is 0 Å². The summed E-state index contributed by atoms with van der Waals surface area (Å²) in [6, 6.07) is 0. The van der Waals surface area contributed by atoms with Crippen LogP contribution in [0.25, 0.3) is 0 Å². The molecule has 484 valence electrons. The van der Waals surface area contributed by atoms with Gasteiger partial charge in [0.15, 0.2) is 0 Å². The molecule has 8 N–H and O–H groups in total. The third-order valence-electron chi connectivity index (χ3n) is 20.0. The van der Waals surface area contributed by atoms with Crippen LogP contribution in [0, 0.1) is 70.0 Å². The molecule has 0 aromatic rings. The second-order valence-electron chi connectivity index (χ2n) is 29.5. The van der Waals surface area contributed by atoms with Crippen LogP contribution in [0.15, 0.2) is 87.1 Å². The van der Waals surface area contributed by atoms with Gasteiger partial charge in [-0.3, -0.25) is 0 Å². The quantitative estimate of drug-likeness (QED) is 0.111. The number of aliphatic hydroxyl groups excluding tert-OH is 8. The minimum absolute atomic E-state index is 0.0267. The molecule has 0 bridgehead atoms. The average molecular weight is 1170 g/mol. The first-order valence-corrected chi connectivity index (χ1v) is 33.9. The Morgan fingerprint density at radius 3 is 1.20 bits per heavy atom. The lowest BCUT2D eigenvalue weighted by molar-refractivity contribution is -0.0808. The minimum Gasteiger partial charge on any atom is -0.393 e. The van der Waals surface area contributed by atoms with Gasteiger partial charge in [0.05, 0.1) is 48.8 Å². The molecule has 8 saturated carbocycles. The van der Waals surface area contributed by atoms with Crippen molar-refractivity contribution in [3.63, 3.8) is 0 Å². The largest absolute Gasteiger partial charge is 0.393 e. The molecule has 0 aromatic heterocycles. The fraction of sp³-hybridized carbons (Fsp3) is 0.813. The fourth-order valence-corrected chi connectivity index (χ4v) is 14.0. The molecule has 8 heteroatoms. The molecule has 0 spiro atoms. The van der Waals surface area contributed by atoms with E-state index in [4.69, 9.17) is 10.2 Å². The van der Waals surface area contributed by atoms with Crippen molar-refractivity contribution < 1.29 is 40.9 Å². The molecule has 83 heavy (non-hydrogen) atoms. The number of rotatable bonds is 8. The summed E-state index contributed by atoms with van der Waals surface area (Å²) >= 11 is 0. The molecule has 8 aliphatic rings. The summed E-state index contributed by atoms with van der Waals surface area (Å²) in [5.41, 5.74) is 4.10. The van der Waals surface area contributed by atoms with Crippen molar-refractivity contribution in [1.82, 2.24) is 0 Å². The molecule has 0 heterocycles. The van der Waals surface area contributed by atoms with Gasteiger partial charge < -0.3 is 40.9 Å². The van der Waals surface area contributed by atoms with E-state index in [1.54, 1.807) is 0 Å². The normalized spacial score (nSPS) is 35.3. The summed E-state index contributed by atoms with van der Waals surface area (Å²) in [5, 5.41) is 75.6. The van der Waals surface area contributed by atoms with Crippen molar-refractivity contribution in [2.75, 3.05) is 0 Å². The highest BCUT2D eigenvalue weighted by Gasteiger charge is 2.45. The van der Waals surface area contributed by atoms with Crippen molar-refractivity contribution in [3.8, 4) is 0 Å². The van der Waals surface area contributed by atoms with Crippen LogP contribution in [0.5, 0.6) is 0 Å². The third-order valence-corrected chi connectivity index (χ3v) is 20.0. The van der Waals surface area contributed by atoms with Crippen molar-refractivity contribution in [3.05, 3.63) is 87.1 Å². The predicted molar refractivity (Wildman–Crippen MR) is 356 cm³/mol. The maximum Gasteiger partial charge on any atom is 0.0606 e. The number of hydrogen-bond donors (Lipinski definition) is 8. The first-order valence-electron chi connectivity index (χ1n) is 33.9. The Balaban J connectivity index is 0.000000478. The topological polar surface area (TPSA) is 162 Å². The van der Waals surface area contributed by atoms with Gasteiger partial charge >= 0.3 is 0 Å². The van der Waals surface area contributed by atoms with Gasteiger partial charge in [0.25, 0.3) is 0 Å². The van der Waals surface area contributed by atoms with Crippen molar-refractivity contribution in [2.45, 2.75) is 317 Å². The van der Waals surface area contributed by atoms with Gasteiger partial charge in [0.1, 0.15) is 0 Å². The van der Waals surface area contributed by atoms with E-state index in [1.807, 2.05) is 31.2 Å². The van der Waals surface area contributed by atoms with E-state index >= 15 is 0 Å². The summed E-state index contributed by atoms with van der Waals surface area (Å²) in [5.74, 6) is 5.42. The standard InChI is InChI=1S/C15H30O.4C9H16O.3C8H14O/c1-10-8-11(14(2,3)4)13(16)12(9-10)15(5,6)7;1-7(2)8-3-5-9(10)6-4-8;1-7(2)8-4-3-5-9(10)6-8;1-7(2)8-5-3-4-6-9(8)10;1-2-5-8-6-3-4-7-9(8)10;1-2-7-3-5-8(9)6-4-7;1-2-7-4-3-5-8(9)6-7;1-2-7-5-3-4-6-8(7)9/h10-13,16H,8-9H2,1-7H3;3*8-10H,1,3-6H2,2H3;2,8-10H,1,3-7H2;3*2,7-9H,1,3-6H2. The van der Waals surface area contributed by atoms with Crippen molar-refractivity contribution in [2.24, 2.45) is 70.0 Å². The Morgan fingerprint density at radius 1 is 0.398 bits per heavy atom. The van der Waals surface area contributed by atoms with Crippen LogP contribution in [-0.4, -0.2) is 89.7 Å². The van der Waals surface area contributed by atoms with E-state index in [-0.39, 0.29) is 59.7 Å². The summed E-state index contributed by atoms with van der Waals surface area (Å²) in [4.78, 5) is 0. The zero-order chi connectivity index (χ0) is 62.9. The molecule has 12 atom stereocenters. The minimum atomic E-state index is -0.129. The van der Waals surface area contributed by atoms with Gasteiger partial charge in [-0.15, -0.1) is 26.3 Å². The molecule has 8 aliphatic carbocycles. The van der Waals surface area contributed by atoms with E-state index in [2.05, 4.69) is 108 Å². The molecule has 8 fully saturated rings. The molecule has 0 saturated heterocycles. The molecule has 0 aliphatic heterocycles. The maximum absolute atomic E-state index is 10.6. The zero-order valence-electron chi connectivity index (χ0n) is 55.6. The van der Waals surface area contributed by atoms with Crippen LogP contribution < -0.4 is 0 Å². The molecule has 12 unspecified atom stereocenters. The monoisotopic (exact) mass is 1170 g/mol. The molecule has 0 radical (unpaired) electrons. The van der Waals surface area contributed by atoms with E-state index in [9.17, 15) is 30.6 Å². The van der Waals surface area contributed by atoms with E-state index < -0.39 is 0 Å². The van der Waals surface area contributed by atoms with E-state index in [0.717, 1.165) is 133 Å². The lowest BCUT2D eigenvalue weighted by Gasteiger charge is -2.48. The van der Waals surface area contributed by atoms with Crippen LogP contribution >= 0.6 is 0 Å². The van der Waals surface area contributed by atoms with Gasteiger partial charge in [-0.1, -0.05) is 161 Å². The highest BCUT2D eigenvalue weighted by Crippen LogP contribution is 2.48. The fourth-order valence-electron chi connectivity index (χ4n) is 14.0.